The fraction of sp³-hybridized carbons (Fsp3) is 0.308. The van der Waals surface area contributed by atoms with Crippen LogP contribution in [0.5, 0.6) is 0 Å². The number of piperazine rings is 1. The monoisotopic (exact) mass is 665 g/mol. The van der Waals surface area contributed by atoms with Gasteiger partial charge < -0.3 is 15.1 Å². The van der Waals surface area contributed by atoms with E-state index in [-0.39, 0.29) is 16.8 Å². The number of anilines is 2. The maximum absolute atomic E-state index is 13.9. The molecule has 0 spiro atoms. The van der Waals surface area contributed by atoms with Crippen molar-refractivity contribution in [3.8, 4) is 5.69 Å². The molecule has 0 aliphatic carbocycles. The summed E-state index contributed by atoms with van der Waals surface area (Å²) in [5.41, 5.74) is 2.13. The van der Waals surface area contributed by atoms with Gasteiger partial charge in [-0.2, -0.15) is 13.2 Å². The minimum absolute atomic E-state index is 0.0457. The van der Waals surface area contributed by atoms with Crippen molar-refractivity contribution in [1.82, 2.24) is 24.9 Å². The maximum Gasteiger partial charge on any atom is 0.416 e. The van der Waals surface area contributed by atoms with Crippen molar-refractivity contribution in [2.45, 2.75) is 20.0 Å². The standard InChI is InChI=1S/C26H27F3IN9O/c1-16-21(26(27,28)29)9-20(10-23(16)38-6-4-37(3)5-7-38)34-25(40)18-8-24(17(2)33-13-18)39-14-22(35-36-39)19(11-30)12-32-15-31/h8-15,31H,4-7H2,1-3H3,(H,34,40)/b19-11+,31-15?,32-12-. The summed E-state index contributed by atoms with van der Waals surface area (Å²) in [6, 6.07) is 4.11. The minimum Gasteiger partial charge on any atom is -0.369 e. The molecule has 14 heteroatoms. The maximum atomic E-state index is 13.9. The number of allylic oxidation sites excluding steroid dienone is 1. The van der Waals surface area contributed by atoms with Crippen LogP contribution in [0.15, 0.2) is 39.7 Å². The van der Waals surface area contributed by atoms with Gasteiger partial charge in [-0.3, -0.25) is 15.2 Å². The second-order valence-electron chi connectivity index (χ2n) is 9.26. The van der Waals surface area contributed by atoms with Gasteiger partial charge in [-0.1, -0.05) is 27.8 Å². The molecule has 0 bridgehead atoms. The Labute approximate surface area is 242 Å². The molecule has 10 nitrogen and oxygen atoms in total. The van der Waals surface area contributed by atoms with Crippen molar-refractivity contribution in [3.05, 3.63) is 62.8 Å². The van der Waals surface area contributed by atoms with Gasteiger partial charge in [-0.15, -0.1) is 5.10 Å². The first kappa shape index (κ1) is 29.3. The summed E-state index contributed by atoms with van der Waals surface area (Å²) >= 11 is 2.03. The number of nitrogens with one attached hydrogen (secondary N) is 2. The van der Waals surface area contributed by atoms with Crippen molar-refractivity contribution in [1.29, 1.82) is 5.41 Å². The fourth-order valence-electron chi connectivity index (χ4n) is 4.30. The number of halogens is 4. The molecule has 0 atom stereocenters. The number of rotatable bonds is 7. The summed E-state index contributed by atoms with van der Waals surface area (Å²) in [4.78, 5) is 25.3. The first-order chi connectivity index (χ1) is 19.0. The molecule has 1 saturated heterocycles. The number of aryl methyl sites for hydroxylation is 1. The van der Waals surface area contributed by atoms with Gasteiger partial charge in [-0.05, 0) is 48.7 Å². The lowest BCUT2D eigenvalue weighted by Gasteiger charge is -2.35. The molecule has 1 amide bonds. The van der Waals surface area contributed by atoms with Gasteiger partial charge in [0.25, 0.3) is 5.91 Å². The van der Waals surface area contributed by atoms with Crippen LogP contribution in [-0.4, -0.2) is 76.6 Å². The zero-order chi connectivity index (χ0) is 29.0. The van der Waals surface area contributed by atoms with Gasteiger partial charge in [0.15, 0.2) is 0 Å². The van der Waals surface area contributed by atoms with Crippen LogP contribution in [0.1, 0.15) is 32.9 Å². The van der Waals surface area contributed by atoms with Crippen molar-refractivity contribution >= 4 is 58.0 Å². The predicted molar refractivity (Wildman–Crippen MR) is 157 cm³/mol. The summed E-state index contributed by atoms with van der Waals surface area (Å²) in [6.45, 7) is 5.81. The Hall–Kier alpha value is -3.66. The lowest BCUT2D eigenvalue weighted by atomic mass is 10.0. The summed E-state index contributed by atoms with van der Waals surface area (Å²) in [5, 5.41) is 18.0. The largest absolute Gasteiger partial charge is 0.416 e. The molecule has 1 fully saturated rings. The summed E-state index contributed by atoms with van der Waals surface area (Å²) in [6.07, 6.45) is 0.782. The van der Waals surface area contributed by atoms with Crippen molar-refractivity contribution in [3.63, 3.8) is 0 Å². The highest BCUT2D eigenvalue weighted by atomic mass is 127. The first-order valence-electron chi connectivity index (χ1n) is 12.2. The third kappa shape index (κ3) is 6.55. The van der Waals surface area contributed by atoms with Crippen LogP contribution in [0.25, 0.3) is 11.3 Å². The molecular weight excluding hydrogens is 638 g/mol. The molecule has 4 rings (SSSR count). The molecule has 0 unspecified atom stereocenters. The SMILES string of the molecule is Cc1ncc(C(=O)Nc2cc(N3CCN(C)CC3)c(C)c(C(F)(F)F)c2)cc1-n1cc(C(/C=N\C=N)=C/I)nn1. The number of hydrogen-bond donors (Lipinski definition) is 2. The van der Waals surface area contributed by atoms with Crippen LogP contribution < -0.4 is 10.2 Å². The van der Waals surface area contributed by atoms with E-state index in [1.807, 2.05) is 34.5 Å². The Morgan fingerprint density at radius 3 is 2.52 bits per heavy atom. The zero-order valence-electron chi connectivity index (χ0n) is 22.0. The van der Waals surface area contributed by atoms with E-state index in [1.165, 1.54) is 24.0 Å². The van der Waals surface area contributed by atoms with Crippen LogP contribution in [-0.2, 0) is 6.18 Å². The smallest absolute Gasteiger partial charge is 0.369 e. The second-order valence-corrected chi connectivity index (χ2v) is 9.88. The summed E-state index contributed by atoms with van der Waals surface area (Å²) in [5.74, 6) is -0.610. The Balaban J connectivity index is 1.64. The number of pyridine rings is 1. The molecule has 3 heterocycles. The number of amides is 1. The number of carbonyl (C=O) groups is 1. The fourth-order valence-corrected chi connectivity index (χ4v) is 4.78. The van der Waals surface area contributed by atoms with Gasteiger partial charge in [0.1, 0.15) is 12.0 Å². The number of aliphatic imine (C=N–C) groups is 1. The first-order valence-corrected chi connectivity index (χ1v) is 13.4. The second kappa shape index (κ2) is 12.2. The van der Waals surface area contributed by atoms with E-state index < -0.39 is 17.6 Å². The topological polar surface area (TPSA) is 115 Å². The zero-order valence-corrected chi connectivity index (χ0v) is 24.2. The molecule has 1 aliphatic rings. The number of carbonyl (C=O) groups excluding carboxylic acids is 1. The number of aromatic nitrogens is 4. The van der Waals surface area contributed by atoms with Crippen molar-refractivity contribution < 1.29 is 18.0 Å². The molecule has 2 aromatic heterocycles. The quantitative estimate of drug-likeness (QED) is 0.214. The van der Waals surface area contributed by atoms with Crippen molar-refractivity contribution in [2.24, 2.45) is 4.99 Å². The van der Waals surface area contributed by atoms with Crippen LogP contribution in [0.2, 0.25) is 0 Å². The van der Waals surface area contributed by atoms with Gasteiger partial charge >= 0.3 is 6.18 Å². The number of benzene rings is 1. The van der Waals surface area contributed by atoms with E-state index >= 15 is 0 Å². The van der Waals surface area contributed by atoms with Gasteiger partial charge in [0.05, 0.1) is 28.7 Å². The number of alkyl halides is 3. The van der Waals surface area contributed by atoms with Crippen LogP contribution in [0.3, 0.4) is 0 Å². The molecular formula is C26H27F3IN9O. The molecule has 2 N–H and O–H groups in total. The number of hydrogen-bond acceptors (Lipinski definition) is 7. The summed E-state index contributed by atoms with van der Waals surface area (Å²) in [7, 11) is 1.97. The lowest BCUT2D eigenvalue weighted by molar-refractivity contribution is -0.138. The third-order valence-electron chi connectivity index (χ3n) is 6.55. The molecule has 1 aliphatic heterocycles. The number of likely N-dealkylation sites (N-methyl/N-ethyl adjacent to an activating group) is 1. The van der Waals surface area contributed by atoms with E-state index in [4.69, 9.17) is 5.41 Å². The number of nitrogens with zero attached hydrogens (tertiary/aromatic N) is 7. The average Bonchev–Trinajstić information content (AvgIpc) is 3.40. The van der Waals surface area contributed by atoms with E-state index in [2.05, 4.69) is 30.5 Å². The summed E-state index contributed by atoms with van der Waals surface area (Å²) < 4.78 is 45.0. The van der Waals surface area contributed by atoms with Gasteiger partial charge in [0, 0.05) is 55.5 Å². The Kier molecular flexibility index (Phi) is 8.98. The van der Waals surface area contributed by atoms with E-state index in [1.54, 1.807) is 29.3 Å². The highest BCUT2D eigenvalue weighted by Gasteiger charge is 2.35. The normalized spacial score (nSPS) is 15.1. The molecule has 3 aromatic rings. The lowest BCUT2D eigenvalue weighted by Crippen LogP contribution is -2.44. The van der Waals surface area contributed by atoms with E-state index in [0.29, 0.717) is 41.4 Å². The molecule has 0 saturated carbocycles. The highest BCUT2D eigenvalue weighted by molar-refractivity contribution is 14.1. The molecule has 0 radical (unpaired) electrons. The van der Waals surface area contributed by atoms with E-state index in [0.717, 1.165) is 25.5 Å². The van der Waals surface area contributed by atoms with Crippen LogP contribution in [0, 0.1) is 19.3 Å². The minimum atomic E-state index is -4.58. The Morgan fingerprint density at radius 2 is 1.88 bits per heavy atom. The Bertz CT molecular complexity index is 1470. The third-order valence-corrected chi connectivity index (χ3v) is 7.22. The highest BCUT2D eigenvalue weighted by Crippen LogP contribution is 2.39. The molecule has 1 aromatic carbocycles. The predicted octanol–water partition coefficient (Wildman–Crippen LogP) is 4.76. The van der Waals surface area contributed by atoms with Gasteiger partial charge in [-0.25, -0.2) is 9.67 Å². The van der Waals surface area contributed by atoms with Gasteiger partial charge in [0.2, 0.25) is 0 Å². The van der Waals surface area contributed by atoms with Crippen LogP contribution in [0.4, 0.5) is 24.5 Å². The molecule has 40 heavy (non-hydrogen) atoms. The van der Waals surface area contributed by atoms with Crippen molar-refractivity contribution in [2.75, 3.05) is 43.4 Å². The molecule has 210 valence electrons. The van der Waals surface area contributed by atoms with E-state index in [9.17, 15) is 18.0 Å². The Morgan fingerprint density at radius 1 is 1.15 bits per heavy atom. The average molecular weight is 665 g/mol. The van der Waals surface area contributed by atoms with Crippen LogP contribution >= 0.6 is 22.6 Å².